The molecule has 0 aromatic heterocycles. The van der Waals surface area contributed by atoms with E-state index in [2.05, 4.69) is 5.32 Å². The van der Waals surface area contributed by atoms with Crippen LogP contribution in [0.4, 0.5) is 0 Å². The van der Waals surface area contributed by atoms with Crippen LogP contribution >= 0.6 is 0 Å². The van der Waals surface area contributed by atoms with Gasteiger partial charge in [0.25, 0.3) is 0 Å². The van der Waals surface area contributed by atoms with Crippen LogP contribution in [0, 0.1) is 0 Å². The third-order valence-corrected chi connectivity index (χ3v) is 5.07. The molecular weight excluding hydrogens is 360 g/mol. The van der Waals surface area contributed by atoms with Crippen molar-refractivity contribution in [1.29, 1.82) is 0 Å². The molecule has 7 nitrogen and oxygen atoms in total. The Morgan fingerprint density at radius 3 is 2.89 bits per heavy atom. The van der Waals surface area contributed by atoms with Crippen molar-refractivity contribution < 1.29 is 23.8 Å². The van der Waals surface area contributed by atoms with Crippen molar-refractivity contribution in [3.63, 3.8) is 0 Å². The number of methoxy groups -OCH3 is 1. The van der Waals surface area contributed by atoms with Gasteiger partial charge < -0.3 is 24.4 Å². The van der Waals surface area contributed by atoms with Crippen LogP contribution < -0.4 is 19.5 Å². The predicted octanol–water partition coefficient (Wildman–Crippen LogP) is 2.23. The van der Waals surface area contributed by atoms with E-state index in [-0.39, 0.29) is 18.6 Å². The fourth-order valence-electron chi connectivity index (χ4n) is 3.59. The first-order valence-corrected chi connectivity index (χ1v) is 9.23. The Bertz CT molecular complexity index is 898. The maximum Gasteiger partial charge on any atom is 0.243 e. The highest BCUT2D eigenvalue weighted by molar-refractivity contribution is 5.90. The zero-order valence-corrected chi connectivity index (χ0v) is 15.6. The highest BCUT2D eigenvalue weighted by Gasteiger charge is 2.36. The van der Waals surface area contributed by atoms with Crippen LogP contribution in [0.2, 0.25) is 0 Å². The number of hydrogen-bond donors (Lipinski definition) is 1. The lowest BCUT2D eigenvalue weighted by Crippen LogP contribution is -2.44. The summed E-state index contributed by atoms with van der Waals surface area (Å²) < 4.78 is 16.0. The molecule has 146 valence electrons. The van der Waals surface area contributed by atoms with E-state index in [4.69, 9.17) is 14.2 Å². The number of rotatable bonds is 6. The Morgan fingerprint density at radius 2 is 2.04 bits per heavy atom. The molecule has 4 rings (SSSR count). The second-order valence-electron chi connectivity index (χ2n) is 6.79. The van der Waals surface area contributed by atoms with Gasteiger partial charge in [-0.05, 0) is 30.2 Å². The number of carbonyl (C=O) groups is 2. The number of carbonyl (C=O) groups excluding carboxylic acids is 2. The van der Waals surface area contributed by atoms with E-state index in [9.17, 15) is 9.59 Å². The summed E-state index contributed by atoms with van der Waals surface area (Å²) >= 11 is 0. The Balaban J connectivity index is 1.43. The van der Waals surface area contributed by atoms with E-state index in [0.29, 0.717) is 37.4 Å². The van der Waals surface area contributed by atoms with Crippen molar-refractivity contribution in [2.24, 2.45) is 0 Å². The number of ether oxygens (including phenoxy) is 3. The first kappa shape index (κ1) is 18.2. The summed E-state index contributed by atoms with van der Waals surface area (Å²) in [6, 6.07) is 12.6. The quantitative estimate of drug-likeness (QED) is 0.829. The minimum absolute atomic E-state index is 0.0184. The third-order valence-electron chi connectivity index (χ3n) is 5.07. The summed E-state index contributed by atoms with van der Waals surface area (Å²) in [5, 5.41) is 2.94. The lowest BCUT2D eigenvalue weighted by Gasteiger charge is -2.24. The van der Waals surface area contributed by atoms with Gasteiger partial charge in [0, 0.05) is 25.1 Å². The average Bonchev–Trinajstić information content (AvgIpc) is 3.33. The number of nitrogens with zero attached hydrogens (tertiary/aromatic N) is 1. The van der Waals surface area contributed by atoms with E-state index in [1.54, 1.807) is 12.0 Å². The molecular formula is C21H22N2O5. The minimum Gasteiger partial charge on any atom is -0.496 e. The molecule has 2 heterocycles. The van der Waals surface area contributed by atoms with Gasteiger partial charge in [-0.25, -0.2) is 0 Å². The first-order valence-electron chi connectivity index (χ1n) is 9.23. The van der Waals surface area contributed by atoms with Crippen molar-refractivity contribution in [1.82, 2.24) is 10.2 Å². The molecule has 1 unspecified atom stereocenters. The maximum absolute atomic E-state index is 12.8. The second-order valence-corrected chi connectivity index (χ2v) is 6.79. The minimum atomic E-state index is -0.479. The summed E-state index contributed by atoms with van der Waals surface area (Å²) in [5.41, 5.74) is 1.80. The Labute approximate surface area is 163 Å². The van der Waals surface area contributed by atoms with Gasteiger partial charge in [-0.15, -0.1) is 0 Å². The number of benzene rings is 2. The number of nitrogens with one attached hydrogen (secondary N) is 1. The number of likely N-dealkylation sites (tertiary alicyclic amines) is 1. The van der Waals surface area contributed by atoms with Gasteiger partial charge in [-0.2, -0.15) is 0 Å². The topological polar surface area (TPSA) is 77.1 Å². The van der Waals surface area contributed by atoms with Crippen LogP contribution in [-0.2, 0) is 22.7 Å². The molecule has 28 heavy (non-hydrogen) atoms. The van der Waals surface area contributed by atoms with E-state index in [1.165, 1.54) is 0 Å². The fourth-order valence-corrected chi connectivity index (χ4v) is 3.59. The van der Waals surface area contributed by atoms with Crippen molar-refractivity contribution >= 4 is 11.8 Å². The first-order chi connectivity index (χ1) is 13.7. The monoisotopic (exact) mass is 382 g/mol. The van der Waals surface area contributed by atoms with Gasteiger partial charge in [0.05, 0.1) is 7.11 Å². The largest absolute Gasteiger partial charge is 0.496 e. The normalized spacial score (nSPS) is 17.7. The van der Waals surface area contributed by atoms with Crippen LogP contribution in [0.1, 0.15) is 24.0 Å². The highest BCUT2D eigenvalue weighted by atomic mass is 16.7. The van der Waals surface area contributed by atoms with E-state index in [0.717, 1.165) is 16.9 Å². The molecule has 1 fully saturated rings. The molecule has 0 aliphatic carbocycles. The lowest BCUT2D eigenvalue weighted by molar-refractivity contribution is -0.135. The predicted molar refractivity (Wildman–Crippen MR) is 101 cm³/mol. The zero-order chi connectivity index (χ0) is 19.5. The Hall–Kier alpha value is -3.22. The summed E-state index contributed by atoms with van der Waals surface area (Å²) in [5.74, 6) is 1.92. The molecule has 0 radical (unpaired) electrons. The molecule has 1 saturated heterocycles. The van der Waals surface area contributed by atoms with E-state index in [1.807, 2.05) is 42.5 Å². The molecule has 1 N–H and O–H groups in total. The van der Waals surface area contributed by atoms with Gasteiger partial charge in [-0.1, -0.05) is 24.3 Å². The van der Waals surface area contributed by atoms with Gasteiger partial charge in [0.1, 0.15) is 11.8 Å². The smallest absolute Gasteiger partial charge is 0.243 e. The Kier molecular flexibility index (Phi) is 5.06. The van der Waals surface area contributed by atoms with Gasteiger partial charge >= 0.3 is 0 Å². The van der Waals surface area contributed by atoms with Crippen LogP contribution in [0.25, 0.3) is 0 Å². The van der Waals surface area contributed by atoms with Gasteiger partial charge in [0.2, 0.25) is 18.6 Å². The highest BCUT2D eigenvalue weighted by Crippen LogP contribution is 2.33. The standard InChI is InChI=1S/C21H22N2O5/c1-26-17-5-3-2-4-15(17)11-22-21(25)16-7-9-20(24)23(16)12-14-6-8-18-19(10-14)28-13-27-18/h2-6,8,10,16H,7,9,11-13H2,1H3,(H,22,25). The summed E-state index contributed by atoms with van der Waals surface area (Å²) in [4.78, 5) is 26.8. The zero-order valence-electron chi connectivity index (χ0n) is 15.6. The molecule has 7 heteroatoms. The lowest BCUT2D eigenvalue weighted by atomic mass is 10.1. The fraction of sp³-hybridized carbons (Fsp3) is 0.333. The molecule has 0 saturated carbocycles. The number of hydrogen-bond acceptors (Lipinski definition) is 5. The molecule has 2 amide bonds. The number of fused-ring (bicyclic) bond motifs is 1. The molecule has 0 spiro atoms. The van der Waals surface area contributed by atoms with Crippen molar-refractivity contribution in [3.05, 3.63) is 53.6 Å². The molecule has 2 aliphatic rings. The third kappa shape index (κ3) is 3.60. The van der Waals surface area contributed by atoms with Crippen molar-refractivity contribution in [3.8, 4) is 17.2 Å². The van der Waals surface area contributed by atoms with Crippen LogP contribution in [0.5, 0.6) is 17.2 Å². The molecule has 2 aromatic carbocycles. The Morgan fingerprint density at radius 1 is 1.21 bits per heavy atom. The second kappa shape index (κ2) is 7.80. The average molecular weight is 382 g/mol. The molecule has 2 aromatic rings. The van der Waals surface area contributed by atoms with Crippen LogP contribution in [-0.4, -0.2) is 36.7 Å². The van der Waals surface area contributed by atoms with Crippen molar-refractivity contribution in [2.75, 3.05) is 13.9 Å². The van der Waals surface area contributed by atoms with Crippen LogP contribution in [0.3, 0.4) is 0 Å². The summed E-state index contributed by atoms with van der Waals surface area (Å²) in [6.45, 7) is 0.920. The van der Waals surface area contributed by atoms with Crippen LogP contribution in [0.15, 0.2) is 42.5 Å². The number of amides is 2. The molecule has 0 bridgehead atoms. The molecule has 2 aliphatic heterocycles. The van der Waals surface area contributed by atoms with E-state index >= 15 is 0 Å². The SMILES string of the molecule is COc1ccccc1CNC(=O)C1CCC(=O)N1Cc1ccc2c(c1)OCO2. The van der Waals surface area contributed by atoms with Gasteiger partial charge in [-0.3, -0.25) is 9.59 Å². The van der Waals surface area contributed by atoms with Gasteiger partial charge in [0.15, 0.2) is 11.5 Å². The maximum atomic E-state index is 12.8. The number of para-hydroxylation sites is 1. The summed E-state index contributed by atoms with van der Waals surface area (Å²) in [6.07, 6.45) is 0.887. The summed E-state index contributed by atoms with van der Waals surface area (Å²) in [7, 11) is 1.60. The molecule has 1 atom stereocenters. The van der Waals surface area contributed by atoms with E-state index < -0.39 is 6.04 Å². The van der Waals surface area contributed by atoms with Crippen molar-refractivity contribution in [2.45, 2.75) is 32.0 Å².